The molecule has 0 aromatic heterocycles. The molecule has 2 rings (SSSR count). The molecule has 1 heterocycles. The first-order valence-corrected chi connectivity index (χ1v) is 5.81. The second-order valence-corrected chi connectivity index (χ2v) is 3.32. The van der Waals surface area contributed by atoms with Crippen molar-refractivity contribution in [2.24, 2.45) is 0 Å². The fourth-order valence-corrected chi connectivity index (χ4v) is 1.61. The largest absolute Gasteiger partial charge is 0.439 e. The van der Waals surface area contributed by atoms with Crippen molar-refractivity contribution < 1.29 is 9.53 Å². The Balaban J connectivity index is 0.000000606. The van der Waals surface area contributed by atoms with Crippen LogP contribution in [0.4, 0.5) is 4.79 Å². The Labute approximate surface area is 97.0 Å². The summed E-state index contributed by atoms with van der Waals surface area (Å²) in [5.74, 6) is 0. The lowest BCUT2D eigenvalue weighted by Crippen LogP contribution is -2.23. The summed E-state index contributed by atoms with van der Waals surface area (Å²) >= 11 is 0. The Bertz CT molecular complexity index is 324. The fourth-order valence-electron chi connectivity index (χ4n) is 1.61. The van der Waals surface area contributed by atoms with Gasteiger partial charge in [-0.05, 0) is 12.5 Å². The van der Waals surface area contributed by atoms with E-state index in [1.807, 2.05) is 51.1 Å². The lowest BCUT2D eigenvalue weighted by atomic mass is 10.1. The molecule has 1 unspecified atom stereocenters. The first-order chi connectivity index (χ1) is 7.81. The highest BCUT2D eigenvalue weighted by molar-refractivity contribution is 5.70. The summed E-state index contributed by atoms with van der Waals surface area (Å²) in [6.07, 6.45) is -0.301. The number of benzene rings is 1. The van der Waals surface area contributed by atoms with Gasteiger partial charge in [-0.1, -0.05) is 44.2 Å². The first kappa shape index (κ1) is 12.6. The van der Waals surface area contributed by atoms with Crippen LogP contribution in [-0.2, 0) is 4.74 Å². The van der Waals surface area contributed by atoms with E-state index in [0.717, 1.165) is 5.56 Å². The zero-order valence-corrected chi connectivity index (χ0v) is 10.1. The Kier molecular flexibility index (Phi) is 4.83. The molecule has 3 nitrogen and oxygen atoms in total. The number of ether oxygens (including phenoxy) is 1. The lowest BCUT2D eigenvalue weighted by molar-refractivity contribution is 0.133. The molecule has 1 aliphatic heterocycles. The van der Waals surface area contributed by atoms with Crippen LogP contribution in [0.15, 0.2) is 30.3 Å². The molecule has 3 heteroatoms. The van der Waals surface area contributed by atoms with Crippen LogP contribution in [0.5, 0.6) is 0 Å². The van der Waals surface area contributed by atoms with Crippen molar-refractivity contribution in [1.29, 1.82) is 0 Å². The van der Waals surface area contributed by atoms with Crippen LogP contribution in [0.25, 0.3) is 0 Å². The van der Waals surface area contributed by atoms with E-state index in [2.05, 4.69) is 0 Å². The van der Waals surface area contributed by atoms with Crippen LogP contribution in [0.1, 0.15) is 32.4 Å². The molecular formula is C13H19NO2. The summed E-state index contributed by atoms with van der Waals surface area (Å²) < 4.78 is 5.24. The van der Waals surface area contributed by atoms with Crippen LogP contribution < -0.4 is 0 Å². The molecule has 0 N–H and O–H groups in total. The highest BCUT2D eigenvalue weighted by atomic mass is 16.6. The monoisotopic (exact) mass is 221 g/mol. The fraction of sp³-hybridized carbons (Fsp3) is 0.462. The summed E-state index contributed by atoms with van der Waals surface area (Å²) in [5, 5.41) is 0. The zero-order valence-electron chi connectivity index (χ0n) is 10.1. The Morgan fingerprint density at radius 2 is 1.94 bits per heavy atom. The van der Waals surface area contributed by atoms with E-state index < -0.39 is 0 Å². The van der Waals surface area contributed by atoms with Gasteiger partial charge in [0.05, 0.1) is 6.54 Å². The normalized spacial score (nSPS) is 18.8. The number of carbonyl (C=O) groups excluding carboxylic acids is 1. The van der Waals surface area contributed by atoms with Crippen LogP contribution in [-0.4, -0.2) is 24.1 Å². The van der Waals surface area contributed by atoms with Gasteiger partial charge in [0.2, 0.25) is 0 Å². The SMILES string of the molecule is CC.CCN1CC(c2ccccc2)OC1=O. The third-order valence-electron chi connectivity index (χ3n) is 2.44. The maximum absolute atomic E-state index is 11.3. The molecular weight excluding hydrogens is 202 g/mol. The van der Waals surface area contributed by atoms with Gasteiger partial charge in [-0.3, -0.25) is 0 Å². The third kappa shape index (κ3) is 2.75. The lowest BCUT2D eigenvalue weighted by Gasteiger charge is -2.08. The number of hydrogen-bond acceptors (Lipinski definition) is 2. The number of likely N-dealkylation sites (N-methyl/N-ethyl adjacent to an activating group) is 1. The topological polar surface area (TPSA) is 29.5 Å². The Hall–Kier alpha value is -1.51. The summed E-state index contributed by atoms with van der Waals surface area (Å²) in [7, 11) is 0. The summed E-state index contributed by atoms with van der Waals surface area (Å²) in [5.41, 5.74) is 1.07. The average molecular weight is 221 g/mol. The van der Waals surface area contributed by atoms with Gasteiger partial charge < -0.3 is 9.64 Å². The van der Waals surface area contributed by atoms with Gasteiger partial charge in [-0.15, -0.1) is 0 Å². The van der Waals surface area contributed by atoms with Crippen molar-refractivity contribution in [2.75, 3.05) is 13.1 Å². The molecule has 1 saturated heterocycles. The smallest absolute Gasteiger partial charge is 0.410 e. The van der Waals surface area contributed by atoms with E-state index in [9.17, 15) is 4.79 Å². The quantitative estimate of drug-likeness (QED) is 0.767. The minimum absolute atomic E-state index is 0.0938. The molecule has 0 spiro atoms. The van der Waals surface area contributed by atoms with Crippen LogP contribution >= 0.6 is 0 Å². The standard InChI is InChI=1S/C11H13NO2.C2H6/c1-2-12-8-10(14-11(12)13)9-6-4-3-5-7-9;1-2/h3-7,10H,2,8H2,1H3;1-2H3. The van der Waals surface area contributed by atoms with Gasteiger partial charge in [0.1, 0.15) is 6.10 Å². The number of amides is 1. The molecule has 0 saturated carbocycles. The van der Waals surface area contributed by atoms with Crippen LogP contribution in [0.2, 0.25) is 0 Å². The van der Waals surface area contributed by atoms with Crippen LogP contribution in [0, 0.1) is 0 Å². The van der Waals surface area contributed by atoms with Gasteiger partial charge in [-0.2, -0.15) is 0 Å². The van der Waals surface area contributed by atoms with Gasteiger partial charge in [0.25, 0.3) is 0 Å². The minimum Gasteiger partial charge on any atom is -0.439 e. The maximum Gasteiger partial charge on any atom is 0.410 e. The summed E-state index contributed by atoms with van der Waals surface area (Å²) in [4.78, 5) is 13.0. The van der Waals surface area contributed by atoms with Crippen LogP contribution in [0.3, 0.4) is 0 Å². The van der Waals surface area contributed by atoms with Crippen molar-refractivity contribution in [3.63, 3.8) is 0 Å². The molecule has 0 radical (unpaired) electrons. The Morgan fingerprint density at radius 1 is 1.31 bits per heavy atom. The van der Waals surface area contributed by atoms with Gasteiger partial charge in [-0.25, -0.2) is 4.79 Å². The van der Waals surface area contributed by atoms with Crippen molar-refractivity contribution in [3.05, 3.63) is 35.9 Å². The highest BCUT2D eigenvalue weighted by Gasteiger charge is 2.30. The van der Waals surface area contributed by atoms with E-state index in [4.69, 9.17) is 4.74 Å². The van der Waals surface area contributed by atoms with Gasteiger partial charge in [0.15, 0.2) is 0 Å². The molecule has 16 heavy (non-hydrogen) atoms. The number of nitrogens with zero attached hydrogens (tertiary/aromatic N) is 1. The van der Waals surface area contributed by atoms with E-state index in [1.165, 1.54) is 0 Å². The maximum atomic E-state index is 11.3. The van der Waals surface area contributed by atoms with Crippen molar-refractivity contribution in [3.8, 4) is 0 Å². The predicted octanol–water partition coefficient (Wildman–Crippen LogP) is 3.23. The van der Waals surface area contributed by atoms with E-state index in [1.54, 1.807) is 4.90 Å². The van der Waals surface area contributed by atoms with Gasteiger partial charge >= 0.3 is 6.09 Å². The molecule has 1 aromatic rings. The van der Waals surface area contributed by atoms with Crippen molar-refractivity contribution in [1.82, 2.24) is 4.90 Å². The van der Waals surface area contributed by atoms with Gasteiger partial charge in [0, 0.05) is 6.54 Å². The molecule has 1 fully saturated rings. The molecule has 0 bridgehead atoms. The number of hydrogen-bond donors (Lipinski definition) is 0. The predicted molar refractivity (Wildman–Crippen MR) is 64.3 cm³/mol. The molecule has 1 aromatic carbocycles. The number of cyclic esters (lactones) is 1. The second-order valence-electron chi connectivity index (χ2n) is 3.32. The average Bonchev–Trinajstić information content (AvgIpc) is 2.74. The minimum atomic E-state index is -0.207. The molecule has 88 valence electrons. The summed E-state index contributed by atoms with van der Waals surface area (Å²) in [6.45, 7) is 7.33. The third-order valence-corrected chi connectivity index (χ3v) is 2.44. The molecule has 1 aliphatic rings. The van der Waals surface area contributed by atoms with E-state index in [0.29, 0.717) is 13.1 Å². The van der Waals surface area contributed by atoms with Crippen molar-refractivity contribution >= 4 is 6.09 Å². The molecule has 0 aliphatic carbocycles. The second kappa shape index (κ2) is 6.16. The zero-order chi connectivity index (χ0) is 12.0. The Morgan fingerprint density at radius 3 is 2.44 bits per heavy atom. The van der Waals surface area contributed by atoms with Crippen molar-refractivity contribution in [2.45, 2.75) is 26.9 Å². The van der Waals surface area contributed by atoms with E-state index >= 15 is 0 Å². The number of carbonyl (C=O) groups is 1. The van der Waals surface area contributed by atoms with E-state index in [-0.39, 0.29) is 12.2 Å². The summed E-state index contributed by atoms with van der Waals surface area (Å²) in [6, 6.07) is 9.83. The highest BCUT2D eigenvalue weighted by Crippen LogP contribution is 2.25. The first-order valence-electron chi connectivity index (χ1n) is 5.81. The molecule has 1 amide bonds. The number of rotatable bonds is 2. The molecule has 1 atom stereocenters.